The van der Waals surface area contributed by atoms with E-state index in [1.807, 2.05) is 31.2 Å². The Morgan fingerprint density at radius 1 is 1.00 bits per heavy atom. The van der Waals surface area contributed by atoms with Crippen LogP contribution in [0.15, 0.2) is 59.5 Å². The Bertz CT molecular complexity index is 1080. The highest BCUT2D eigenvalue weighted by molar-refractivity contribution is 7.89. The highest BCUT2D eigenvalue weighted by Crippen LogP contribution is 2.30. The summed E-state index contributed by atoms with van der Waals surface area (Å²) in [4.78, 5) is 11.6. The maximum absolute atomic E-state index is 11.6. The van der Waals surface area contributed by atoms with Crippen LogP contribution in [-0.4, -0.2) is 24.1 Å². The van der Waals surface area contributed by atoms with Gasteiger partial charge in [0.15, 0.2) is 0 Å². The molecule has 26 heavy (non-hydrogen) atoms. The topological polar surface area (TPSA) is 102 Å². The summed E-state index contributed by atoms with van der Waals surface area (Å²) < 4.78 is 24.7. The minimum Gasteiger partial charge on any atom is -0.478 e. The van der Waals surface area contributed by atoms with E-state index in [2.05, 4.69) is 0 Å². The molecule has 0 radical (unpaired) electrons. The molecule has 3 rings (SSSR count). The van der Waals surface area contributed by atoms with E-state index in [0.29, 0.717) is 17.1 Å². The normalized spacial score (nSPS) is 11.5. The molecule has 0 unspecified atom stereocenters. The number of hydrogen-bond donors (Lipinski definition) is 2. The summed E-state index contributed by atoms with van der Waals surface area (Å²) in [6.45, 7) is 3.69. The quantitative estimate of drug-likeness (QED) is 0.736. The van der Waals surface area contributed by atoms with Crippen molar-refractivity contribution >= 4 is 16.0 Å². The number of benzene rings is 2. The summed E-state index contributed by atoms with van der Waals surface area (Å²) in [5.74, 6) is -1.02. The number of nitrogens with two attached hydrogens (primary N) is 1. The summed E-state index contributed by atoms with van der Waals surface area (Å²) in [6, 6.07) is 15.4. The Kier molecular flexibility index (Phi) is 4.43. The minimum absolute atomic E-state index is 0.00130. The molecule has 0 aliphatic carbocycles. The van der Waals surface area contributed by atoms with Gasteiger partial charge in [0.1, 0.15) is 0 Å². The van der Waals surface area contributed by atoms with Gasteiger partial charge >= 0.3 is 5.97 Å². The van der Waals surface area contributed by atoms with Gasteiger partial charge in [0.25, 0.3) is 0 Å². The van der Waals surface area contributed by atoms with E-state index in [9.17, 15) is 18.3 Å². The maximum Gasteiger partial charge on any atom is 0.337 e. The van der Waals surface area contributed by atoms with E-state index in [0.717, 1.165) is 11.1 Å². The fraction of sp³-hybridized carbons (Fsp3) is 0.105. The van der Waals surface area contributed by atoms with E-state index in [-0.39, 0.29) is 10.5 Å². The van der Waals surface area contributed by atoms with Crippen molar-refractivity contribution in [2.45, 2.75) is 18.7 Å². The van der Waals surface area contributed by atoms with Gasteiger partial charge in [0.2, 0.25) is 10.0 Å². The second-order valence-electron chi connectivity index (χ2n) is 6.07. The summed E-state index contributed by atoms with van der Waals surface area (Å²) in [6.07, 6.45) is 0. The summed E-state index contributed by atoms with van der Waals surface area (Å²) in [5, 5.41) is 14.6. The minimum atomic E-state index is -3.79. The lowest BCUT2D eigenvalue weighted by Gasteiger charge is -2.13. The van der Waals surface area contributed by atoms with Crippen molar-refractivity contribution in [2.75, 3.05) is 0 Å². The number of aromatic carboxylic acids is 1. The molecule has 0 saturated heterocycles. The number of aryl methyl sites for hydroxylation is 1. The molecule has 3 aromatic rings. The van der Waals surface area contributed by atoms with Crippen LogP contribution in [0.1, 0.15) is 21.6 Å². The summed E-state index contributed by atoms with van der Waals surface area (Å²) in [5.41, 5.74) is 4.06. The molecule has 0 spiro atoms. The first-order valence-electron chi connectivity index (χ1n) is 7.84. The highest BCUT2D eigenvalue weighted by atomic mass is 32.2. The molecular formula is C19H18N2O4S. The molecule has 7 heteroatoms. The molecular weight excluding hydrogens is 352 g/mol. The molecule has 0 fully saturated rings. The van der Waals surface area contributed by atoms with Gasteiger partial charge in [-0.05, 0) is 49.7 Å². The van der Waals surface area contributed by atoms with Gasteiger partial charge in [0.05, 0.1) is 16.2 Å². The fourth-order valence-electron chi connectivity index (χ4n) is 2.88. The molecule has 134 valence electrons. The molecule has 0 saturated carbocycles. The summed E-state index contributed by atoms with van der Waals surface area (Å²) >= 11 is 0. The molecule has 0 aliphatic heterocycles. The van der Waals surface area contributed by atoms with Crippen molar-refractivity contribution in [2.24, 2.45) is 5.14 Å². The van der Waals surface area contributed by atoms with Crippen LogP contribution in [0.2, 0.25) is 0 Å². The Morgan fingerprint density at radius 3 is 2.08 bits per heavy atom. The lowest BCUT2D eigenvalue weighted by Crippen LogP contribution is -2.12. The Balaban J connectivity index is 2.22. The number of sulfonamides is 1. The number of rotatable bonds is 4. The van der Waals surface area contributed by atoms with Crippen molar-refractivity contribution in [3.8, 4) is 16.9 Å². The average Bonchev–Trinajstić information content (AvgIpc) is 2.92. The van der Waals surface area contributed by atoms with Crippen LogP contribution >= 0.6 is 0 Å². The standard InChI is InChI=1S/C19H18N2O4S/c1-12-3-5-14(6-4-12)18-11-17(19(22)23)13(2)21(18)15-7-9-16(10-8-15)26(20,24)25/h3-11H,1-2H3,(H,22,23)(H2,20,24,25). The third kappa shape index (κ3) is 3.26. The van der Waals surface area contributed by atoms with Crippen molar-refractivity contribution < 1.29 is 18.3 Å². The van der Waals surface area contributed by atoms with E-state index in [1.54, 1.807) is 29.7 Å². The molecule has 2 aromatic carbocycles. The predicted octanol–water partition coefficient (Wildman–Crippen LogP) is 3.11. The van der Waals surface area contributed by atoms with Crippen LogP contribution in [0, 0.1) is 13.8 Å². The van der Waals surface area contributed by atoms with E-state index in [1.165, 1.54) is 12.1 Å². The van der Waals surface area contributed by atoms with Gasteiger partial charge in [-0.2, -0.15) is 0 Å². The van der Waals surface area contributed by atoms with Gasteiger partial charge in [-0.1, -0.05) is 29.8 Å². The van der Waals surface area contributed by atoms with Crippen molar-refractivity contribution in [1.29, 1.82) is 0 Å². The first-order chi connectivity index (χ1) is 12.2. The second-order valence-corrected chi connectivity index (χ2v) is 7.64. The average molecular weight is 370 g/mol. The number of hydrogen-bond acceptors (Lipinski definition) is 3. The van der Waals surface area contributed by atoms with Crippen LogP contribution in [-0.2, 0) is 10.0 Å². The van der Waals surface area contributed by atoms with Crippen LogP contribution in [0.4, 0.5) is 0 Å². The SMILES string of the molecule is Cc1ccc(-c2cc(C(=O)O)c(C)n2-c2ccc(S(N)(=O)=O)cc2)cc1. The van der Waals surface area contributed by atoms with E-state index in [4.69, 9.17) is 5.14 Å². The Morgan fingerprint density at radius 2 is 1.58 bits per heavy atom. The van der Waals surface area contributed by atoms with Crippen molar-refractivity contribution in [3.05, 3.63) is 71.4 Å². The van der Waals surface area contributed by atoms with Crippen LogP contribution in [0.5, 0.6) is 0 Å². The van der Waals surface area contributed by atoms with Crippen LogP contribution < -0.4 is 5.14 Å². The van der Waals surface area contributed by atoms with E-state index < -0.39 is 16.0 Å². The lowest BCUT2D eigenvalue weighted by molar-refractivity contribution is 0.0696. The van der Waals surface area contributed by atoms with Crippen molar-refractivity contribution in [1.82, 2.24) is 4.57 Å². The second kappa shape index (κ2) is 6.44. The summed E-state index contributed by atoms with van der Waals surface area (Å²) in [7, 11) is -3.79. The zero-order valence-corrected chi connectivity index (χ0v) is 15.1. The third-order valence-electron chi connectivity index (χ3n) is 4.25. The van der Waals surface area contributed by atoms with Gasteiger partial charge in [-0.25, -0.2) is 18.4 Å². The number of nitrogens with zero attached hydrogens (tertiary/aromatic N) is 1. The third-order valence-corrected chi connectivity index (χ3v) is 5.18. The molecule has 0 bridgehead atoms. The molecule has 0 aliphatic rings. The highest BCUT2D eigenvalue weighted by Gasteiger charge is 2.19. The number of primary sulfonamides is 1. The zero-order chi connectivity index (χ0) is 19.1. The first-order valence-corrected chi connectivity index (χ1v) is 9.39. The lowest BCUT2D eigenvalue weighted by atomic mass is 10.1. The van der Waals surface area contributed by atoms with Crippen LogP contribution in [0.25, 0.3) is 16.9 Å². The Hall–Kier alpha value is -2.90. The van der Waals surface area contributed by atoms with Gasteiger partial charge in [-0.3, -0.25) is 0 Å². The van der Waals surface area contributed by atoms with Crippen molar-refractivity contribution in [3.63, 3.8) is 0 Å². The van der Waals surface area contributed by atoms with Gasteiger partial charge in [0, 0.05) is 11.4 Å². The van der Waals surface area contributed by atoms with Crippen LogP contribution in [0.3, 0.4) is 0 Å². The van der Waals surface area contributed by atoms with E-state index >= 15 is 0 Å². The monoisotopic (exact) mass is 370 g/mol. The number of aromatic nitrogens is 1. The molecule has 6 nitrogen and oxygen atoms in total. The van der Waals surface area contributed by atoms with Gasteiger partial charge in [-0.15, -0.1) is 0 Å². The number of carboxylic acid groups (broad SMARTS) is 1. The zero-order valence-electron chi connectivity index (χ0n) is 14.3. The number of carboxylic acids is 1. The molecule has 0 amide bonds. The largest absolute Gasteiger partial charge is 0.478 e. The smallest absolute Gasteiger partial charge is 0.337 e. The maximum atomic E-state index is 11.6. The Labute approximate surface area is 151 Å². The number of carbonyl (C=O) groups is 1. The molecule has 1 aromatic heterocycles. The molecule has 1 heterocycles. The van der Waals surface area contributed by atoms with Gasteiger partial charge < -0.3 is 9.67 Å². The first kappa shape index (κ1) is 17.9. The molecule has 3 N–H and O–H groups in total. The predicted molar refractivity (Wildman–Crippen MR) is 99.0 cm³/mol. The fourth-order valence-corrected chi connectivity index (χ4v) is 3.39. The molecule has 0 atom stereocenters.